The van der Waals surface area contributed by atoms with Gasteiger partial charge in [0.05, 0.1) is 17.7 Å². The van der Waals surface area contributed by atoms with Gasteiger partial charge in [0.2, 0.25) is 5.91 Å². The third-order valence-electron chi connectivity index (χ3n) is 3.83. The quantitative estimate of drug-likeness (QED) is 0.846. The molecule has 0 aliphatic heterocycles. The zero-order chi connectivity index (χ0) is 16.3. The Morgan fingerprint density at radius 1 is 1.32 bits per heavy atom. The fourth-order valence-electron chi connectivity index (χ4n) is 2.31. The second-order valence-corrected chi connectivity index (χ2v) is 7.32. The SMILES string of the molecule is CC(C)c1ccc(C(C)(C)C(=O)N(C)Cc2nccs2)nc1. The summed E-state index contributed by atoms with van der Waals surface area (Å²) in [6, 6.07) is 4.02. The lowest BCUT2D eigenvalue weighted by Gasteiger charge is -2.28. The summed E-state index contributed by atoms with van der Waals surface area (Å²) in [5, 5.41) is 2.86. The average molecular weight is 317 g/mol. The molecule has 2 aromatic heterocycles. The lowest BCUT2D eigenvalue weighted by Crippen LogP contribution is -2.41. The van der Waals surface area contributed by atoms with Gasteiger partial charge >= 0.3 is 0 Å². The van der Waals surface area contributed by atoms with Crippen LogP contribution in [0.2, 0.25) is 0 Å². The number of likely N-dealkylation sites (N-methyl/N-ethyl adjacent to an activating group) is 1. The number of rotatable bonds is 5. The van der Waals surface area contributed by atoms with E-state index in [9.17, 15) is 4.79 Å². The number of carbonyl (C=O) groups excluding carboxylic acids is 1. The Kier molecular flexibility index (Phi) is 4.96. The normalized spacial score (nSPS) is 11.7. The molecule has 0 aromatic carbocycles. The molecule has 0 aliphatic carbocycles. The number of pyridine rings is 1. The molecule has 2 rings (SSSR count). The van der Waals surface area contributed by atoms with Gasteiger partial charge in [0.15, 0.2) is 0 Å². The molecule has 0 spiro atoms. The minimum absolute atomic E-state index is 0.0486. The van der Waals surface area contributed by atoms with Crippen molar-refractivity contribution in [3.8, 4) is 0 Å². The van der Waals surface area contributed by atoms with Crippen LogP contribution in [0.5, 0.6) is 0 Å². The van der Waals surface area contributed by atoms with Crippen molar-refractivity contribution < 1.29 is 4.79 Å². The molecule has 0 fully saturated rings. The van der Waals surface area contributed by atoms with Crippen molar-refractivity contribution in [3.05, 3.63) is 46.2 Å². The van der Waals surface area contributed by atoms with Crippen LogP contribution in [-0.2, 0) is 16.8 Å². The Bertz CT molecular complexity index is 618. The molecule has 0 N–H and O–H groups in total. The van der Waals surface area contributed by atoms with Gasteiger partial charge in [0, 0.05) is 24.8 Å². The van der Waals surface area contributed by atoms with E-state index in [2.05, 4.69) is 29.9 Å². The summed E-state index contributed by atoms with van der Waals surface area (Å²) < 4.78 is 0. The number of hydrogen-bond acceptors (Lipinski definition) is 4. The standard InChI is InChI=1S/C17H23N3OS/c1-12(2)13-6-7-14(19-10-13)17(3,4)16(21)20(5)11-15-18-8-9-22-15/h6-10,12H,11H2,1-5H3. The minimum Gasteiger partial charge on any atom is -0.338 e. The van der Waals surface area contributed by atoms with Crippen LogP contribution in [0.1, 0.15) is 49.9 Å². The molecule has 0 unspecified atom stereocenters. The molecule has 22 heavy (non-hydrogen) atoms. The highest BCUT2D eigenvalue weighted by molar-refractivity contribution is 7.09. The van der Waals surface area contributed by atoms with Gasteiger partial charge in [-0.05, 0) is 31.4 Å². The highest BCUT2D eigenvalue weighted by Gasteiger charge is 2.34. The summed E-state index contributed by atoms with van der Waals surface area (Å²) in [7, 11) is 1.81. The molecule has 2 heterocycles. The van der Waals surface area contributed by atoms with E-state index in [1.54, 1.807) is 22.4 Å². The summed E-state index contributed by atoms with van der Waals surface area (Å²) >= 11 is 1.56. The summed E-state index contributed by atoms with van der Waals surface area (Å²) in [6.45, 7) is 8.64. The highest BCUT2D eigenvalue weighted by atomic mass is 32.1. The third kappa shape index (κ3) is 3.53. The molecular weight excluding hydrogens is 294 g/mol. The first-order chi connectivity index (χ1) is 10.3. The molecule has 1 amide bonds. The first-order valence-electron chi connectivity index (χ1n) is 7.42. The fraction of sp³-hybridized carbons (Fsp3) is 0.471. The first kappa shape index (κ1) is 16.6. The van der Waals surface area contributed by atoms with Crippen LogP contribution in [0.15, 0.2) is 29.9 Å². The van der Waals surface area contributed by atoms with E-state index < -0.39 is 5.41 Å². The number of amides is 1. The minimum atomic E-state index is -0.651. The van der Waals surface area contributed by atoms with E-state index >= 15 is 0 Å². The molecule has 2 aromatic rings. The van der Waals surface area contributed by atoms with Gasteiger partial charge < -0.3 is 4.90 Å². The number of aromatic nitrogens is 2. The second-order valence-electron chi connectivity index (χ2n) is 6.34. The average Bonchev–Trinajstić information content (AvgIpc) is 2.99. The second kappa shape index (κ2) is 6.57. The molecule has 0 saturated heterocycles. The molecule has 118 valence electrons. The molecule has 4 nitrogen and oxygen atoms in total. The maximum absolute atomic E-state index is 12.8. The number of carbonyl (C=O) groups is 1. The van der Waals surface area contributed by atoms with Crippen molar-refractivity contribution in [2.24, 2.45) is 0 Å². The highest BCUT2D eigenvalue weighted by Crippen LogP contribution is 2.25. The van der Waals surface area contributed by atoms with Crippen LogP contribution >= 0.6 is 11.3 Å². The van der Waals surface area contributed by atoms with Crippen LogP contribution in [0, 0.1) is 0 Å². The van der Waals surface area contributed by atoms with Gasteiger partial charge in [-0.15, -0.1) is 11.3 Å². The van der Waals surface area contributed by atoms with Gasteiger partial charge in [-0.2, -0.15) is 0 Å². The summed E-state index contributed by atoms with van der Waals surface area (Å²) in [4.78, 5) is 23.2. The van der Waals surface area contributed by atoms with Crippen molar-refractivity contribution in [1.29, 1.82) is 0 Å². The van der Waals surface area contributed by atoms with Crippen LogP contribution in [0.4, 0.5) is 0 Å². The lowest BCUT2D eigenvalue weighted by molar-refractivity contribution is -0.135. The zero-order valence-corrected chi connectivity index (χ0v) is 14.6. The van der Waals surface area contributed by atoms with E-state index in [4.69, 9.17) is 0 Å². The maximum Gasteiger partial charge on any atom is 0.234 e. The van der Waals surface area contributed by atoms with Gasteiger partial charge in [0.25, 0.3) is 0 Å². The molecule has 0 atom stereocenters. The zero-order valence-electron chi connectivity index (χ0n) is 13.8. The summed E-state index contributed by atoms with van der Waals surface area (Å²) in [5.41, 5.74) is 1.33. The van der Waals surface area contributed by atoms with E-state index in [1.165, 1.54) is 5.56 Å². The molecule has 0 aliphatic rings. The summed E-state index contributed by atoms with van der Waals surface area (Å²) in [6.07, 6.45) is 3.63. The van der Waals surface area contributed by atoms with Crippen molar-refractivity contribution >= 4 is 17.2 Å². The van der Waals surface area contributed by atoms with E-state index in [-0.39, 0.29) is 5.91 Å². The largest absolute Gasteiger partial charge is 0.338 e. The Labute approximate surface area is 136 Å². The van der Waals surface area contributed by atoms with Gasteiger partial charge in [-0.1, -0.05) is 19.9 Å². The van der Waals surface area contributed by atoms with Crippen LogP contribution in [0.25, 0.3) is 0 Å². The summed E-state index contributed by atoms with van der Waals surface area (Å²) in [5.74, 6) is 0.487. The molecule has 5 heteroatoms. The number of hydrogen-bond donors (Lipinski definition) is 0. The topological polar surface area (TPSA) is 46.1 Å². The van der Waals surface area contributed by atoms with E-state index in [1.807, 2.05) is 38.5 Å². The third-order valence-corrected chi connectivity index (χ3v) is 4.60. The fourth-order valence-corrected chi connectivity index (χ4v) is 2.98. The lowest BCUT2D eigenvalue weighted by atomic mass is 9.86. The van der Waals surface area contributed by atoms with Crippen molar-refractivity contribution in [3.63, 3.8) is 0 Å². The molecule has 0 bridgehead atoms. The maximum atomic E-state index is 12.8. The predicted molar refractivity (Wildman–Crippen MR) is 89.9 cm³/mol. The van der Waals surface area contributed by atoms with Crippen LogP contribution in [-0.4, -0.2) is 27.8 Å². The molecular formula is C17H23N3OS. The van der Waals surface area contributed by atoms with Gasteiger partial charge in [-0.25, -0.2) is 4.98 Å². The predicted octanol–water partition coefficient (Wildman–Crippen LogP) is 3.60. The molecule has 0 saturated carbocycles. The Morgan fingerprint density at radius 2 is 2.05 bits per heavy atom. The van der Waals surface area contributed by atoms with Crippen LogP contribution in [0.3, 0.4) is 0 Å². The van der Waals surface area contributed by atoms with E-state index in [0.717, 1.165) is 10.7 Å². The Balaban J connectivity index is 2.15. The Hall–Kier alpha value is -1.75. The van der Waals surface area contributed by atoms with Crippen molar-refractivity contribution in [1.82, 2.24) is 14.9 Å². The first-order valence-corrected chi connectivity index (χ1v) is 8.30. The van der Waals surface area contributed by atoms with Crippen LogP contribution < -0.4 is 0 Å². The van der Waals surface area contributed by atoms with Gasteiger partial charge in [-0.3, -0.25) is 9.78 Å². The number of thiazole rings is 1. The number of nitrogens with zero attached hydrogens (tertiary/aromatic N) is 3. The van der Waals surface area contributed by atoms with Gasteiger partial charge in [0.1, 0.15) is 5.01 Å². The smallest absolute Gasteiger partial charge is 0.234 e. The monoisotopic (exact) mass is 317 g/mol. The van der Waals surface area contributed by atoms with Crippen molar-refractivity contribution in [2.75, 3.05) is 7.05 Å². The Morgan fingerprint density at radius 3 is 2.55 bits per heavy atom. The molecule has 0 radical (unpaired) electrons. The van der Waals surface area contributed by atoms with E-state index in [0.29, 0.717) is 12.5 Å². The van der Waals surface area contributed by atoms with Crippen molar-refractivity contribution in [2.45, 2.75) is 45.6 Å².